The third-order valence-electron chi connectivity index (χ3n) is 3.61. The number of rotatable bonds is 2. The Hall–Kier alpha value is -2.04. The molecule has 2 rings (SSSR count). The van der Waals surface area contributed by atoms with Crippen molar-refractivity contribution in [2.75, 3.05) is 18.0 Å². The average molecular weight is 254 g/mol. The predicted molar refractivity (Wildman–Crippen MR) is 74.6 cm³/mol. The van der Waals surface area contributed by atoms with Crippen molar-refractivity contribution in [3.05, 3.63) is 29.8 Å². The summed E-state index contributed by atoms with van der Waals surface area (Å²) in [6.45, 7) is 4.00. The summed E-state index contributed by atoms with van der Waals surface area (Å²) < 4.78 is 0. The minimum atomic E-state index is 0.190. The zero-order valence-corrected chi connectivity index (χ0v) is 11.1. The van der Waals surface area contributed by atoms with Crippen LogP contribution in [0.15, 0.2) is 24.3 Å². The monoisotopic (exact) mass is 254 g/mol. The van der Waals surface area contributed by atoms with Gasteiger partial charge in [0.05, 0.1) is 30.2 Å². The molecule has 1 aliphatic heterocycles. The normalized spacial score (nSPS) is 23.2. The van der Waals surface area contributed by atoms with Crippen LogP contribution in [-0.4, -0.2) is 25.2 Å². The zero-order valence-electron chi connectivity index (χ0n) is 11.1. The van der Waals surface area contributed by atoms with Crippen LogP contribution in [0, 0.1) is 22.7 Å². The van der Waals surface area contributed by atoms with Crippen LogP contribution in [0.25, 0.3) is 0 Å². The van der Waals surface area contributed by atoms with Crippen LogP contribution in [0.1, 0.15) is 25.3 Å². The molecule has 0 aliphatic carbocycles. The van der Waals surface area contributed by atoms with E-state index in [1.165, 1.54) is 0 Å². The fourth-order valence-corrected chi connectivity index (χ4v) is 2.63. The Morgan fingerprint density at radius 2 is 2.05 bits per heavy atom. The van der Waals surface area contributed by atoms with Gasteiger partial charge in [-0.3, -0.25) is 0 Å². The summed E-state index contributed by atoms with van der Waals surface area (Å²) in [5.74, 6) is 0. The van der Waals surface area contributed by atoms with Crippen molar-refractivity contribution in [3.8, 4) is 12.1 Å². The Morgan fingerprint density at radius 1 is 1.32 bits per heavy atom. The highest BCUT2D eigenvalue weighted by atomic mass is 15.2. The molecule has 2 atom stereocenters. The van der Waals surface area contributed by atoms with E-state index >= 15 is 0 Å². The van der Waals surface area contributed by atoms with E-state index in [2.05, 4.69) is 29.3 Å². The summed E-state index contributed by atoms with van der Waals surface area (Å²) in [4.78, 5) is 2.31. The molecule has 19 heavy (non-hydrogen) atoms. The van der Waals surface area contributed by atoms with Crippen molar-refractivity contribution in [3.63, 3.8) is 0 Å². The highest BCUT2D eigenvalue weighted by Crippen LogP contribution is 2.24. The molecular formula is C15H18N4. The molecule has 0 amide bonds. The number of benzene rings is 1. The van der Waals surface area contributed by atoms with Gasteiger partial charge in [-0.05, 0) is 44.2 Å². The molecule has 1 saturated heterocycles. The van der Waals surface area contributed by atoms with E-state index in [1.54, 1.807) is 0 Å². The van der Waals surface area contributed by atoms with Crippen molar-refractivity contribution in [1.29, 1.82) is 10.5 Å². The van der Waals surface area contributed by atoms with Gasteiger partial charge in [-0.15, -0.1) is 0 Å². The van der Waals surface area contributed by atoms with E-state index in [0.717, 1.165) is 25.2 Å². The fourth-order valence-electron chi connectivity index (χ4n) is 2.63. The lowest BCUT2D eigenvalue weighted by atomic mass is 10.1. The molecule has 1 heterocycles. The molecule has 1 N–H and O–H groups in total. The maximum atomic E-state index is 9.00. The lowest BCUT2D eigenvalue weighted by molar-refractivity contribution is 0.551. The molecule has 0 saturated carbocycles. The van der Waals surface area contributed by atoms with Crippen LogP contribution in [0.3, 0.4) is 0 Å². The Kier molecular flexibility index (Phi) is 4.39. The summed E-state index contributed by atoms with van der Waals surface area (Å²) in [6, 6.07) is 12.6. The van der Waals surface area contributed by atoms with Crippen molar-refractivity contribution in [1.82, 2.24) is 5.32 Å². The number of nitrogens with zero attached hydrogens (tertiary/aromatic N) is 3. The maximum Gasteiger partial charge on any atom is 0.0991 e. The first-order valence-corrected chi connectivity index (χ1v) is 6.62. The molecule has 4 heteroatoms. The largest absolute Gasteiger partial charge is 0.363 e. The van der Waals surface area contributed by atoms with Crippen LogP contribution in [0.4, 0.5) is 5.69 Å². The first-order valence-electron chi connectivity index (χ1n) is 6.62. The second kappa shape index (κ2) is 6.22. The molecule has 0 aromatic heterocycles. The fraction of sp³-hybridized carbons (Fsp3) is 0.467. The van der Waals surface area contributed by atoms with E-state index in [9.17, 15) is 0 Å². The molecule has 0 bridgehead atoms. The molecule has 1 aromatic carbocycles. The third kappa shape index (κ3) is 3.05. The predicted octanol–water partition coefficient (Wildman–Crippen LogP) is 2.03. The van der Waals surface area contributed by atoms with Gasteiger partial charge in [0.25, 0.3) is 0 Å². The maximum absolute atomic E-state index is 9.00. The molecule has 1 aliphatic rings. The molecule has 0 spiro atoms. The Bertz CT molecular complexity index is 494. The van der Waals surface area contributed by atoms with Gasteiger partial charge < -0.3 is 10.2 Å². The molecular weight excluding hydrogens is 236 g/mol. The minimum absolute atomic E-state index is 0.190. The van der Waals surface area contributed by atoms with Crippen LogP contribution in [-0.2, 0) is 0 Å². The number of hydrogen-bond donors (Lipinski definition) is 1. The lowest BCUT2D eigenvalue weighted by Crippen LogP contribution is -2.43. The van der Waals surface area contributed by atoms with Gasteiger partial charge in [-0.2, -0.15) is 10.5 Å². The second-order valence-corrected chi connectivity index (χ2v) is 4.92. The first-order chi connectivity index (χ1) is 9.26. The van der Waals surface area contributed by atoms with Gasteiger partial charge >= 0.3 is 0 Å². The third-order valence-corrected chi connectivity index (χ3v) is 3.61. The van der Waals surface area contributed by atoms with E-state index < -0.39 is 0 Å². The highest BCUT2D eigenvalue weighted by molar-refractivity contribution is 5.51. The van der Waals surface area contributed by atoms with Crippen molar-refractivity contribution >= 4 is 5.69 Å². The van der Waals surface area contributed by atoms with Gasteiger partial charge in [-0.25, -0.2) is 0 Å². The van der Waals surface area contributed by atoms with Crippen molar-refractivity contribution in [2.24, 2.45) is 0 Å². The summed E-state index contributed by atoms with van der Waals surface area (Å²) in [7, 11) is 0. The van der Waals surface area contributed by atoms with Crippen LogP contribution in [0.5, 0.6) is 0 Å². The van der Waals surface area contributed by atoms with E-state index in [0.29, 0.717) is 18.0 Å². The van der Waals surface area contributed by atoms with Crippen molar-refractivity contribution < 1.29 is 0 Å². The van der Waals surface area contributed by atoms with Gasteiger partial charge in [0.2, 0.25) is 0 Å². The highest BCUT2D eigenvalue weighted by Gasteiger charge is 2.26. The summed E-state index contributed by atoms with van der Waals surface area (Å²) in [6.07, 6.45) is 1.57. The number of nitrogens with one attached hydrogen (secondary N) is 1. The molecule has 2 unspecified atom stereocenters. The molecule has 0 radical (unpaired) electrons. The van der Waals surface area contributed by atoms with Gasteiger partial charge in [0, 0.05) is 18.3 Å². The molecule has 1 aromatic rings. The van der Waals surface area contributed by atoms with Gasteiger partial charge in [-0.1, -0.05) is 0 Å². The molecule has 98 valence electrons. The first kappa shape index (κ1) is 13.4. The standard InChI is InChI=1S/C15H18N4/c1-12-7-9-18-11-15(6-8-16)19(12)14-4-2-13(10-17)3-5-14/h2-5,12,15,18H,6-7,9,11H2,1H3. The minimum Gasteiger partial charge on any atom is -0.363 e. The number of hydrogen-bond acceptors (Lipinski definition) is 4. The van der Waals surface area contributed by atoms with Crippen molar-refractivity contribution in [2.45, 2.75) is 31.8 Å². The molecule has 1 fully saturated rings. The Morgan fingerprint density at radius 3 is 2.68 bits per heavy atom. The summed E-state index contributed by atoms with van der Waals surface area (Å²) in [5.41, 5.74) is 1.76. The lowest BCUT2D eigenvalue weighted by Gasteiger charge is -2.35. The number of nitriles is 2. The van der Waals surface area contributed by atoms with E-state index in [4.69, 9.17) is 10.5 Å². The Labute approximate surface area is 114 Å². The SMILES string of the molecule is CC1CCNCC(CC#N)N1c1ccc(C#N)cc1. The summed E-state index contributed by atoms with van der Waals surface area (Å²) >= 11 is 0. The topological polar surface area (TPSA) is 62.9 Å². The van der Waals surface area contributed by atoms with Gasteiger partial charge in [0.1, 0.15) is 0 Å². The molecule has 4 nitrogen and oxygen atoms in total. The van der Waals surface area contributed by atoms with Crippen LogP contribution in [0.2, 0.25) is 0 Å². The van der Waals surface area contributed by atoms with E-state index in [-0.39, 0.29) is 6.04 Å². The van der Waals surface area contributed by atoms with E-state index in [1.807, 2.05) is 24.3 Å². The zero-order chi connectivity index (χ0) is 13.7. The summed E-state index contributed by atoms with van der Waals surface area (Å²) in [5, 5.41) is 21.2. The number of anilines is 1. The average Bonchev–Trinajstić information content (AvgIpc) is 2.61. The smallest absolute Gasteiger partial charge is 0.0991 e. The van der Waals surface area contributed by atoms with Gasteiger partial charge in [0.15, 0.2) is 0 Å². The van der Waals surface area contributed by atoms with Crippen LogP contribution < -0.4 is 10.2 Å². The second-order valence-electron chi connectivity index (χ2n) is 4.92. The van der Waals surface area contributed by atoms with Crippen LogP contribution >= 0.6 is 0 Å². The Balaban J connectivity index is 2.29. The quantitative estimate of drug-likeness (QED) is 0.877.